The lowest BCUT2D eigenvalue weighted by Crippen LogP contribution is -2.49. The summed E-state index contributed by atoms with van der Waals surface area (Å²) in [6.45, 7) is 4.99. The lowest BCUT2D eigenvalue weighted by Gasteiger charge is -2.29. The zero-order valence-corrected chi connectivity index (χ0v) is 9.38. The summed E-state index contributed by atoms with van der Waals surface area (Å²) in [5.41, 5.74) is 0. The highest BCUT2D eigenvalue weighted by Crippen LogP contribution is 2.13. The molecule has 1 fully saturated rings. The van der Waals surface area contributed by atoms with Crippen LogP contribution in [0.25, 0.3) is 0 Å². The van der Waals surface area contributed by atoms with Gasteiger partial charge in [0.05, 0.1) is 17.5 Å². The Bertz CT molecular complexity index is 276. The molecule has 84 valence electrons. The van der Waals surface area contributed by atoms with Gasteiger partial charge >= 0.3 is 0 Å². The predicted octanol–water partition coefficient (Wildman–Crippen LogP) is -0.570. The first kappa shape index (κ1) is 11.9. The average Bonchev–Trinajstić information content (AvgIpc) is 2.01. The van der Waals surface area contributed by atoms with Gasteiger partial charge in [-0.25, -0.2) is 13.6 Å². The van der Waals surface area contributed by atoms with Crippen LogP contribution in [-0.2, 0) is 14.8 Å². The van der Waals surface area contributed by atoms with Crippen LogP contribution >= 0.6 is 0 Å². The first-order valence-electron chi connectivity index (χ1n) is 4.77. The maximum absolute atomic E-state index is 11.1. The lowest BCUT2D eigenvalue weighted by atomic mass is 10.1. The van der Waals surface area contributed by atoms with E-state index in [1.54, 1.807) is 0 Å². The third-order valence-electron chi connectivity index (χ3n) is 2.20. The van der Waals surface area contributed by atoms with E-state index in [-0.39, 0.29) is 12.2 Å². The molecule has 0 spiro atoms. The second-order valence-corrected chi connectivity index (χ2v) is 5.76. The van der Waals surface area contributed by atoms with E-state index in [0.29, 0.717) is 19.5 Å². The minimum atomic E-state index is -3.44. The van der Waals surface area contributed by atoms with Gasteiger partial charge in [-0.2, -0.15) is 0 Å². The predicted molar refractivity (Wildman–Crippen MR) is 54.4 cm³/mol. The molecule has 1 heterocycles. The molecule has 0 aromatic carbocycles. The van der Waals surface area contributed by atoms with E-state index in [1.165, 1.54) is 0 Å². The Balaban J connectivity index is 2.52. The highest BCUT2D eigenvalue weighted by atomic mass is 32.2. The topological polar surface area (TPSA) is 81.4 Å². The first-order valence-corrected chi connectivity index (χ1v) is 6.38. The number of nitrogens with one attached hydrogen (secondary N) is 1. The van der Waals surface area contributed by atoms with Crippen molar-refractivity contribution < 1.29 is 13.2 Å². The minimum absolute atomic E-state index is 0.0490. The standard InChI is InChI=1S/C8H18N2O3S/c1-6(2)13-7-3-8(5-10-4-7)14(9,11)12/h6-8,10H,3-5H2,1-2H3,(H2,9,11,12)/t7-,8?/m1/s1. The van der Waals surface area contributed by atoms with Crippen molar-refractivity contribution >= 4 is 10.0 Å². The fourth-order valence-electron chi connectivity index (χ4n) is 1.60. The van der Waals surface area contributed by atoms with Gasteiger partial charge in [0.2, 0.25) is 10.0 Å². The Morgan fingerprint density at radius 1 is 1.43 bits per heavy atom. The number of nitrogens with two attached hydrogens (primary N) is 1. The molecule has 1 unspecified atom stereocenters. The number of rotatable bonds is 3. The molecule has 0 bridgehead atoms. The van der Waals surface area contributed by atoms with Crippen molar-refractivity contribution in [2.75, 3.05) is 13.1 Å². The highest BCUT2D eigenvalue weighted by molar-refractivity contribution is 7.89. The third kappa shape index (κ3) is 3.53. The number of piperidine rings is 1. The van der Waals surface area contributed by atoms with Gasteiger partial charge in [-0.05, 0) is 20.3 Å². The van der Waals surface area contributed by atoms with E-state index < -0.39 is 15.3 Å². The second kappa shape index (κ2) is 4.57. The second-order valence-electron chi connectivity index (χ2n) is 3.91. The molecule has 0 radical (unpaired) electrons. The van der Waals surface area contributed by atoms with E-state index in [4.69, 9.17) is 9.88 Å². The summed E-state index contributed by atoms with van der Waals surface area (Å²) in [7, 11) is -3.44. The first-order chi connectivity index (χ1) is 6.39. The SMILES string of the molecule is CC(C)O[C@H]1CNCC(S(N)(=O)=O)C1. The summed E-state index contributed by atoms with van der Waals surface area (Å²) in [5, 5.41) is 7.58. The van der Waals surface area contributed by atoms with Crippen LogP contribution in [0.1, 0.15) is 20.3 Å². The number of primary sulfonamides is 1. The van der Waals surface area contributed by atoms with E-state index in [2.05, 4.69) is 5.32 Å². The fourth-order valence-corrected chi connectivity index (χ4v) is 2.44. The van der Waals surface area contributed by atoms with Crippen LogP contribution in [0.3, 0.4) is 0 Å². The molecule has 0 saturated carbocycles. The molecule has 6 heteroatoms. The van der Waals surface area contributed by atoms with Gasteiger partial charge in [0.25, 0.3) is 0 Å². The van der Waals surface area contributed by atoms with Gasteiger partial charge in [0.15, 0.2) is 0 Å². The van der Waals surface area contributed by atoms with Crippen molar-refractivity contribution in [1.82, 2.24) is 5.32 Å². The van der Waals surface area contributed by atoms with Gasteiger partial charge in [-0.3, -0.25) is 0 Å². The molecule has 0 aromatic heterocycles. The highest BCUT2D eigenvalue weighted by Gasteiger charge is 2.29. The average molecular weight is 222 g/mol. The summed E-state index contributed by atoms with van der Waals surface area (Å²) in [6.07, 6.45) is 0.553. The Labute approximate surface area is 85.1 Å². The largest absolute Gasteiger partial charge is 0.374 e. The van der Waals surface area contributed by atoms with E-state index in [9.17, 15) is 8.42 Å². The third-order valence-corrected chi connectivity index (χ3v) is 3.49. The lowest BCUT2D eigenvalue weighted by molar-refractivity contribution is -0.00354. The molecule has 3 N–H and O–H groups in total. The van der Waals surface area contributed by atoms with Crippen LogP contribution in [0, 0.1) is 0 Å². The summed E-state index contributed by atoms with van der Waals surface area (Å²) < 4.78 is 27.7. The summed E-state index contributed by atoms with van der Waals surface area (Å²) in [5.74, 6) is 0. The van der Waals surface area contributed by atoms with E-state index >= 15 is 0 Å². The summed E-state index contributed by atoms with van der Waals surface area (Å²) in [6, 6.07) is 0. The minimum Gasteiger partial charge on any atom is -0.374 e. The van der Waals surface area contributed by atoms with Crippen LogP contribution in [0.2, 0.25) is 0 Å². The van der Waals surface area contributed by atoms with E-state index in [1.807, 2.05) is 13.8 Å². The van der Waals surface area contributed by atoms with Gasteiger partial charge in [-0.15, -0.1) is 0 Å². The zero-order chi connectivity index (χ0) is 10.8. The number of hydrogen-bond acceptors (Lipinski definition) is 4. The Hall–Kier alpha value is -0.170. The molecular weight excluding hydrogens is 204 g/mol. The van der Waals surface area contributed by atoms with Crippen LogP contribution in [0.4, 0.5) is 0 Å². The molecule has 0 aliphatic carbocycles. The van der Waals surface area contributed by atoms with Gasteiger partial charge in [0.1, 0.15) is 0 Å². The Morgan fingerprint density at radius 2 is 2.07 bits per heavy atom. The van der Waals surface area contributed by atoms with Crippen molar-refractivity contribution in [3.05, 3.63) is 0 Å². The van der Waals surface area contributed by atoms with Crippen molar-refractivity contribution in [2.24, 2.45) is 5.14 Å². The number of ether oxygens (including phenoxy) is 1. The van der Waals surface area contributed by atoms with Gasteiger partial charge < -0.3 is 10.1 Å². The summed E-state index contributed by atoms with van der Waals surface area (Å²) in [4.78, 5) is 0. The smallest absolute Gasteiger partial charge is 0.213 e. The summed E-state index contributed by atoms with van der Waals surface area (Å²) >= 11 is 0. The molecule has 5 nitrogen and oxygen atoms in total. The molecule has 1 aliphatic heterocycles. The number of hydrogen-bond donors (Lipinski definition) is 2. The van der Waals surface area contributed by atoms with Crippen LogP contribution in [0.5, 0.6) is 0 Å². The molecule has 2 atom stereocenters. The van der Waals surface area contributed by atoms with Gasteiger partial charge in [-0.1, -0.05) is 0 Å². The molecule has 1 saturated heterocycles. The Morgan fingerprint density at radius 3 is 2.57 bits per heavy atom. The van der Waals surface area contributed by atoms with Gasteiger partial charge in [0, 0.05) is 13.1 Å². The molecule has 1 rings (SSSR count). The monoisotopic (exact) mass is 222 g/mol. The Kier molecular flexibility index (Phi) is 3.88. The maximum Gasteiger partial charge on any atom is 0.213 e. The van der Waals surface area contributed by atoms with Crippen molar-refractivity contribution in [2.45, 2.75) is 37.7 Å². The molecule has 0 amide bonds. The quantitative estimate of drug-likeness (QED) is 0.670. The zero-order valence-electron chi connectivity index (χ0n) is 8.56. The van der Waals surface area contributed by atoms with Crippen molar-refractivity contribution in [1.29, 1.82) is 0 Å². The maximum atomic E-state index is 11.1. The fraction of sp³-hybridized carbons (Fsp3) is 1.00. The molecule has 0 aromatic rings. The molecular formula is C8H18N2O3S. The van der Waals surface area contributed by atoms with Crippen LogP contribution < -0.4 is 10.5 Å². The van der Waals surface area contributed by atoms with Crippen molar-refractivity contribution in [3.8, 4) is 0 Å². The number of sulfonamides is 1. The van der Waals surface area contributed by atoms with Crippen LogP contribution in [0.15, 0.2) is 0 Å². The van der Waals surface area contributed by atoms with Crippen LogP contribution in [-0.4, -0.2) is 39.0 Å². The normalized spacial score (nSPS) is 29.4. The van der Waals surface area contributed by atoms with Crippen molar-refractivity contribution in [3.63, 3.8) is 0 Å². The van der Waals surface area contributed by atoms with E-state index in [0.717, 1.165) is 0 Å². The molecule has 1 aliphatic rings. The molecule has 14 heavy (non-hydrogen) atoms.